The number of hydrogen-bond acceptors (Lipinski definition) is 2. The molecule has 0 amide bonds. The van der Waals surface area contributed by atoms with E-state index in [1.807, 2.05) is 19.9 Å². The highest BCUT2D eigenvalue weighted by atomic mass is 16.5. The molecule has 0 aliphatic rings. The van der Waals surface area contributed by atoms with Gasteiger partial charge in [-0.3, -0.25) is 0 Å². The molecular formula is C13H21NO. The Morgan fingerprint density at radius 2 is 2.00 bits per heavy atom. The van der Waals surface area contributed by atoms with Gasteiger partial charge in [0, 0.05) is 6.04 Å². The Hall–Kier alpha value is -1.02. The second kappa shape index (κ2) is 5.76. The molecule has 0 spiro atoms. The van der Waals surface area contributed by atoms with Gasteiger partial charge in [-0.25, -0.2) is 0 Å². The summed E-state index contributed by atoms with van der Waals surface area (Å²) in [5, 5.41) is 0. The summed E-state index contributed by atoms with van der Waals surface area (Å²) in [5.74, 6) is 0.961. The summed E-state index contributed by atoms with van der Waals surface area (Å²) in [4.78, 5) is 0. The first-order valence-corrected chi connectivity index (χ1v) is 5.67. The summed E-state index contributed by atoms with van der Waals surface area (Å²) in [6.45, 7) is 6.92. The summed E-state index contributed by atoms with van der Waals surface area (Å²) in [7, 11) is 0. The zero-order chi connectivity index (χ0) is 11.3. The smallest absolute Gasteiger partial charge is 0.119 e. The number of ether oxygens (including phenoxy) is 1. The molecule has 0 aliphatic carbocycles. The summed E-state index contributed by atoms with van der Waals surface area (Å²) in [6, 6.07) is 6.50. The molecule has 2 heteroatoms. The first-order chi connectivity index (χ1) is 7.17. The van der Waals surface area contributed by atoms with Crippen LogP contribution in [-0.2, 0) is 12.8 Å². The van der Waals surface area contributed by atoms with Crippen LogP contribution in [0.4, 0.5) is 0 Å². The Labute approximate surface area is 92.4 Å². The molecule has 0 fully saturated rings. The third-order valence-electron chi connectivity index (χ3n) is 2.41. The van der Waals surface area contributed by atoms with E-state index in [-0.39, 0.29) is 6.04 Å². The number of rotatable bonds is 5. The summed E-state index contributed by atoms with van der Waals surface area (Å²) < 4.78 is 5.48. The maximum absolute atomic E-state index is 5.81. The SMILES string of the molecule is CCOc1ccc(CC(C)N)c(CC)c1. The van der Waals surface area contributed by atoms with Gasteiger partial charge in [-0.05, 0) is 49.9 Å². The molecule has 0 aromatic heterocycles. The van der Waals surface area contributed by atoms with Crippen LogP contribution >= 0.6 is 0 Å². The average molecular weight is 207 g/mol. The van der Waals surface area contributed by atoms with E-state index in [2.05, 4.69) is 19.1 Å². The lowest BCUT2D eigenvalue weighted by molar-refractivity contribution is 0.340. The van der Waals surface area contributed by atoms with E-state index >= 15 is 0 Å². The Bertz CT molecular complexity index is 307. The van der Waals surface area contributed by atoms with Crippen LogP contribution in [0.3, 0.4) is 0 Å². The molecule has 0 bridgehead atoms. The largest absolute Gasteiger partial charge is 0.494 e. The monoisotopic (exact) mass is 207 g/mol. The molecule has 0 radical (unpaired) electrons. The number of hydrogen-bond donors (Lipinski definition) is 1. The van der Waals surface area contributed by atoms with E-state index in [0.29, 0.717) is 0 Å². The van der Waals surface area contributed by atoms with E-state index in [1.54, 1.807) is 0 Å². The minimum atomic E-state index is 0.216. The van der Waals surface area contributed by atoms with Gasteiger partial charge in [0.15, 0.2) is 0 Å². The summed E-state index contributed by atoms with van der Waals surface area (Å²) in [6.07, 6.45) is 1.97. The van der Waals surface area contributed by atoms with Crippen molar-refractivity contribution in [2.45, 2.75) is 39.7 Å². The Morgan fingerprint density at radius 1 is 1.27 bits per heavy atom. The van der Waals surface area contributed by atoms with Crippen LogP contribution < -0.4 is 10.5 Å². The lowest BCUT2D eigenvalue weighted by atomic mass is 9.99. The molecule has 0 heterocycles. The van der Waals surface area contributed by atoms with Crippen LogP contribution in [0, 0.1) is 0 Å². The summed E-state index contributed by atoms with van der Waals surface area (Å²) in [5.41, 5.74) is 8.50. The zero-order valence-electron chi connectivity index (χ0n) is 9.92. The predicted octanol–water partition coefficient (Wildman–Crippen LogP) is 2.54. The Balaban J connectivity index is 2.88. The van der Waals surface area contributed by atoms with Crippen molar-refractivity contribution < 1.29 is 4.74 Å². The molecular weight excluding hydrogens is 186 g/mol. The van der Waals surface area contributed by atoms with Crippen LogP contribution in [0.5, 0.6) is 5.75 Å². The van der Waals surface area contributed by atoms with Crippen LogP contribution in [0.25, 0.3) is 0 Å². The lowest BCUT2D eigenvalue weighted by Crippen LogP contribution is -2.18. The van der Waals surface area contributed by atoms with Crippen molar-refractivity contribution in [3.8, 4) is 5.75 Å². The Kier molecular flexibility index (Phi) is 4.63. The van der Waals surface area contributed by atoms with Crippen molar-refractivity contribution in [2.24, 2.45) is 5.73 Å². The molecule has 1 aromatic rings. The maximum atomic E-state index is 5.81. The first kappa shape index (κ1) is 12.1. The van der Waals surface area contributed by atoms with E-state index in [9.17, 15) is 0 Å². The van der Waals surface area contributed by atoms with E-state index < -0.39 is 0 Å². The van der Waals surface area contributed by atoms with Crippen molar-refractivity contribution in [2.75, 3.05) is 6.61 Å². The number of nitrogens with two attached hydrogens (primary N) is 1. The van der Waals surface area contributed by atoms with Gasteiger partial charge in [0.05, 0.1) is 6.61 Å². The molecule has 0 saturated carbocycles. The molecule has 84 valence electrons. The normalized spacial score (nSPS) is 12.5. The van der Waals surface area contributed by atoms with E-state index in [0.717, 1.165) is 25.2 Å². The number of benzene rings is 1. The fraction of sp³-hybridized carbons (Fsp3) is 0.538. The van der Waals surface area contributed by atoms with Crippen molar-refractivity contribution in [1.82, 2.24) is 0 Å². The molecule has 0 aliphatic heterocycles. The van der Waals surface area contributed by atoms with E-state index in [1.165, 1.54) is 11.1 Å². The third kappa shape index (κ3) is 3.56. The standard InChI is InChI=1S/C13H21NO/c1-4-11-9-13(15-5-2)7-6-12(11)8-10(3)14/h6-7,9-10H,4-5,8,14H2,1-3H3. The molecule has 0 saturated heterocycles. The van der Waals surface area contributed by atoms with Gasteiger partial charge in [0.1, 0.15) is 5.75 Å². The van der Waals surface area contributed by atoms with Crippen LogP contribution in [0.2, 0.25) is 0 Å². The fourth-order valence-electron chi connectivity index (χ4n) is 1.73. The highest BCUT2D eigenvalue weighted by Gasteiger charge is 2.05. The molecule has 2 N–H and O–H groups in total. The van der Waals surface area contributed by atoms with Crippen LogP contribution in [0.15, 0.2) is 18.2 Å². The van der Waals surface area contributed by atoms with Crippen molar-refractivity contribution >= 4 is 0 Å². The van der Waals surface area contributed by atoms with E-state index in [4.69, 9.17) is 10.5 Å². The van der Waals surface area contributed by atoms with Gasteiger partial charge >= 0.3 is 0 Å². The minimum absolute atomic E-state index is 0.216. The number of aryl methyl sites for hydroxylation is 1. The maximum Gasteiger partial charge on any atom is 0.119 e. The van der Waals surface area contributed by atoms with Crippen molar-refractivity contribution in [3.05, 3.63) is 29.3 Å². The minimum Gasteiger partial charge on any atom is -0.494 e. The molecule has 2 nitrogen and oxygen atoms in total. The molecule has 1 atom stereocenters. The van der Waals surface area contributed by atoms with Gasteiger partial charge in [-0.1, -0.05) is 13.0 Å². The lowest BCUT2D eigenvalue weighted by Gasteiger charge is -2.12. The van der Waals surface area contributed by atoms with Crippen molar-refractivity contribution in [3.63, 3.8) is 0 Å². The highest BCUT2D eigenvalue weighted by Crippen LogP contribution is 2.19. The van der Waals surface area contributed by atoms with Crippen LogP contribution in [-0.4, -0.2) is 12.6 Å². The first-order valence-electron chi connectivity index (χ1n) is 5.67. The second-order valence-electron chi connectivity index (χ2n) is 3.90. The van der Waals surface area contributed by atoms with Gasteiger partial charge in [0.2, 0.25) is 0 Å². The highest BCUT2D eigenvalue weighted by molar-refractivity contribution is 5.36. The molecule has 1 aromatic carbocycles. The molecule has 15 heavy (non-hydrogen) atoms. The molecule has 1 unspecified atom stereocenters. The molecule has 1 rings (SSSR count). The van der Waals surface area contributed by atoms with Crippen LogP contribution in [0.1, 0.15) is 31.9 Å². The van der Waals surface area contributed by atoms with Crippen molar-refractivity contribution in [1.29, 1.82) is 0 Å². The second-order valence-corrected chi connectivity index (χ2v) is 3.90. The third-order valence-corrected chi connectivity index (χ3v) is 2.41. The topological polar surface area (TPSA) is 35.2 Å². The zero-order valence-corrected chi connectivity index (χ0v) is 9.92. The van der Waals surface area contributed by atoms with Gasteiger partial charge in [0.25, 0.3) is 0 Å². The van der Waals surface area contributed by atoms with Gasteiger partial charge in [-0.2, -0.15) is 0 Å². The fourth-order valence-corrected chi connectivity index (χ4v) is 1.73. The van der Waals surface area contributed by atoms with Gasteiger partial charge in [-0.15, -0.1) is 0 Å². The van der Waals surface area contributed by atoms with Gasteiger partial charge < -0.3 is 10.5 Å². The quantitative estimate of drug-likeness (QED) is 0.805. The summed E-state index contributed by atoms with van der Waals surface area (Å²) >= 11 is 0. The Morgan fingerprint density at radius 3 is 2.53 bits per heavy atom. The average Bonchev–Trinajstić information content (AvgIpc) is 2.20. The predicted molar refractivity (Wildman–Crippen MR) is 64.3 cm³/mol.